The van der Waals surface area contributed by atoms with Gasteiger partial charge in [-0.25, -0.2) is 0 Å². The molecule has 1 rings (SSSR count). The Balaban J connectivity index is 2.82. The van der Waals surface area contributed by atoms with Gasteiger partial charge in [0, 0.05) is 12.0 Å². The number of ether oxygens (including phenoxy) is 1. The molecule has 0 spiro atoms. The van der Waals surface area contributed by atoms with E-state index in [-0.39, 0.29) is 11.7 Å². The highest BCUT2D eigenvalue weighted by atomic mass is 16.5. The van der Waals surface area contributed by atoms with E-state index in [1.54, 1.807) is 6.07 Å². The van der Waals surface area contributed by atoms with Crippen LogP contribution in [0.4, 0.5) is 0 Å². The van der Waals surface area contributed by atoms with E-state index in [0.717, 1.165) is 0 Å². The van der Waals surface area contributed by atoms with Crippen LogP contribution in [0.25, 0.3) is 0 Å². The van der Waals surface area contributed by atoms with E-state index in [0.29, 0.717) is 11.6 Å². The summed E-state index contributed by atoms with van der Waals surface area (Å²) in [5, 5.41) is 6.38. The highest BCUT2D eigenvalue weighted by Gasteiger charge is 2.13. The second-order valence-corrected chi connectivity index (χ2v) is 2.84. The van der Waals surface area contributed by atoms with Crippen molar-refractivity contribution in [3.8, 4) is 5.88 Å². The summed E-state index contributed by atoms with van der Waals surface area (Å²) in [4.78, 5) is 11.3. The van der Waals surface area contributed by atoms with E-state index in [4.69, 9.17) is 4.74 Å². The number of aromatic nitrogens is 2. The summed E-state index contributed by atoms with van der Waals surface area (Å²) in [6.45, 7) is 3.69. The molecule has 0 atom stereocenters. The minimum Gasteiger partial charge on any atom is -0.480 e. The predicted octanol–water partition coefficient (Wildman–Crippen LogP) is 1.26. The zero-order chi connectivity index (χ0) is 9.14. The summed E-state index contributed by atoms with van der Waals surface area (Å²) < 4.78 is 4.83. The molecule has 0 amide bonds. The maximum Gasteiger partial charge on any atom is 0.232 e. The first kappa shape index (κ1) is 8.77. The lowest BCUT2D eigenvalue weighted by molar-refractivity contribution is 0.0934. The Hall–Kier alpha value is -1.32. The van der Waals surface area contributed by atoms with Crippen molar-refractivity contribution in [3.05, 3.63) is 11.8 Å². The van der Waals surface area contributed by atoms with Gasteiger partial charge in [0.25, 0.3) is 0 Å². The van der Waals surface area contributed by atoms with Gasteiger partial charge in [-0.15, -0.1) is 5.10 Å². The lowest BCUT2D eigenvalue weighted by Gasteiger charge is -1.98. The molecule has 0 aromatic carbocycles. The lowest BCUT2D eigenvalue weighted by Crippen LogP contribution is -2.07. The molecule has 0 fully saturated rings. The molecular formula is C8H12N2O2. The number of carbonyl (C=O) groups excluding carboxylic acids is 1. The monoisotopic (exact) mass is 168 g/mol. The predicted molar refractivity (Wildman–Crippen MR) is 44.3 cm³/mol. The third-order valence-corrected chi connectivity index (χ3v) is 1.55. The normalized spacial score (nSPS) is 10.3. The minimum absolute atomic E-state index is 0.0184. The zero-order valence-electron chi connectivity index (χ0n) is 7.42. The number of Topliss-reactive ketones (excluding diaryl/α,β-unsaturated/α-hetero) is 1. The molecular weight excluding hydrogens is 156 g/mol. The number of nitrogens with zero attached hydrogens (tertiary/aromatic N) is 1. The summed E-state index contributed by atoms with van der Waals surface area (Å²) in [6.07, 6.45) is 0. The first-order valence-electron chi connectivity index (χ1n) is 3.78. The largest absolute Gasteiger partial charge is 0.480 e. The summed E-state index contributed by atoms with van der Waals surface area (Å²) in [7, 11) is 1.51. The van der Waals surface area contributed by atoms with Crippen LogP contribution in [0.15, 0.2) is 6.07 Å². The standard InChI is InChI=1S/C8H12N2O2/c1-5(2)8(11)6-4-7(12-3)10-9-6/h4-5H,1-3H3,(H,9,10). The SMILES string of the molecule is COc1cc(C(=O)C(C)C)[nH]n1. The zero-order valence-corrected chi connectivity index (χ0v) is 7.42. The molecule has 0 saturated carbocycles. The Bertz CT molecular complexity index is 278. The van der Waals surface area contributed by atoms with E-state index < -0.39 is 0 Å². The van der Waals surface area contributed by atoms with Gasteiger partial charge in [0.2, 0.25) is 5.88 Å². The number of hydrogen-bond donors (Lipinski definition) is 1. The number of methoxy groups -OCH3 is 1. The minimum atomic E-state index is -0.0184. The van der Waals surface area contributed by atoms with Crippen molar-refractivity contribution < 1.29 is 9.53 Å². The van der Waals surface area contributed by atoms with Crippen LogP contribution in [-0.2, 0) is 0 Å². The molecule has 0 unspecified atom stereocenters. The van der Waals surface area contributed by atoms with Crippen LogP contribution in [-0.4, -0.2) is 23.1 Å². The van der Waals surface area contributed by atoms with Crippen LogP contribution in [0.1, 0.15) is 24.3 Å². The molecule has 0 aliphatic heterocycles. The summed E-state index contributed by atoms with van der Waals surface area (Å²) >= 11 is 0. The van der Waals surface area contributed by atoms with Gasteiger partial charge < -0.3 is 4.74 Å². The van der Waals surface area contributed by atoms with E-state index in [2.05, 4.69) is 10.2 Å². The summed E-state index contributed by atoms with van der Waals surface area (Å²) in [5.74, 6) is 0.472. The van der Waals surface area contributed by atoms with Crippen molar-refractivity contribution in [1.29, 1.82) is 0 Å². The molecule has 4 heteroatoms. The molecule has 0 aliphatic carbocycles. The van der Waals surface area contributed by atoms with Gasteiger partial charge in [0.1, 0.15) is 5.69 Å². The van der Waals surface area contributed by atoms with Gasteiger partial charge in [-0.1, -0.05) is 13.8 Å². The van der Waals surface area contributed by atoms with Crippen LogP contribution in [0, 0.1) is 5.92 Å². The first-order valence-corrected chi connectivity index (χ1v) is 3.78. The molecule has 0 radical (unpaired) electrons. The van der Waals surface area contributed by atoms with Gasteiger partial charge in [0.05, 0.1) is 7.11 Å². The average molecular weight is 168 g/mol. The van der Waals surface area contributed by atoms with Crippen LogP contribution >= 0.6 is 0 Å². The molecule has 66 valence electrons. The fraction of sp³-hybridized carbons (Fsp3) is 0.500. The molecule has 0 saturated heterocycles. The number of hydrogen-bond acceptors (Lipinski definition) is 3. The number of aromatic amines is 1. The maximum absolute atomic E-state index is 11.3. The number of nitrogens with one attached hydrogen (secondary N) is 1. The molecule has 1 aromatic heterocycles. The smallest absolute Gasteiger partial charge is 0.232 e. The molecule has 1 N–H and O–H groups in total. The Morgan fingerprint density at radius 1 is 1.67 bits per heavy atom. The first-order chi connectivity index (χ1) is 5.65. The number of H-pyrrole nitrogens is 1. The van der Waals surface area contributed by atoms with Crippen LogP contribution < -0.4 is 4.74 Å². The van der Waals surface area contributed by atoms with Crippen molar-refractivity contribution in [2.75, 3.05) is 7.11 Å². The fourth-order valence-corrected chi connectivity index (χ4v) is 0.845. The topological polar surface area (TPSA) is 55.0 Å². The average Bonchev–Trinajstić information content (AvgIpc) is 2.50. The van der Waals surface area contributed by atoms with E-state index in [1.807, 2.05) is 13.8 Å². The van der Waals surface area contributed by atoms with Gasteiger partial charge in [-0.05, 0) is 0 Å². The van der Waals surface area contributed by atoms with Crippen LogP contribution in [0.2, 0.25) is 0 Å². The second-order valence-electron chi connectivity index (χ2n) is 2.84. The Morgan fingerprint density at radius 3 is 2.75 bits per heavy atom. The third kappa shape index (κ3) is 1.64. The molecule has 1 aromatic rings. The lowest BCUT2D eigenvalue weighted by atomic mass is 10.1. The number of ketones is 1. The quantitative estimate of drug-likeness (QED) is 0.691. The molecule has 4 nitrogen and oxygen atoms in total. The number of carbonyl (C=O) groups is 1. The summed E-state index contributed by atoms with van der Waals surface area (Å²) in [5.41, 5.74) is 0.502. The van der Waals surface area contributed by atoms with Gasteiger partial charge in [-0.2, -0.15) is 0 Å². The molecule has 0 bridgehead atoms. The van der Waals surface area contributed by atoms with Crippen LogP contribution in [0.5, 0.6) is 5.88 Å². The second kappa shape index (κ2) is 3.38. The van der Waals surface area contributed by atoms with E-state index in [1.165, 1.54) is 7.11 Å². The van der Waals surface area contributed by atoms with E-state index in [9.17, 15) is 4.79 Å². The molecule has 12 heavy (non-hydrogen) atoms. The van der Waals surface area contributed by atoms with E-state index >= 15 is 0 Å². The van der Waals surface area contributed by atoms with Gasteiger partial charge >= 0.3 is 0 Å². The molecule has 1 heterocycles. The van der Waals surface area contributed by atoms with Crippen molar-refractivity contribution in [1.82, 2.24) is 10.2 Å². The highest BCUT2D eigenvalue weighted by molar-refractivity contribution is 5.95. The van der Waals surface area contributed by atoms with Crippen molar-refractivity contribution in [2.24, 2.45) is 5.92 Å². The van der Waals surface area contributed by atoms with Gasteiger partial charge in [-0.3, -0.25) is 9.89 Å². The van der Waals surface area contributed by atoms with Crippen molar-refractivity contribution in [2.45, 2.75) is 13.8 Å². The maximum atomic E-state index is 11.3. The Morgan fingerprint density at radius 2 is 2.33 bits per heavy atom. The third-order valence-electron chi connectivity index (χ3n) is 1.55. The molecule has 0 aliphatic rings. The highest BCUT2D eigenvalue weighted by Crippen LogP contribution is 2.11. The van der Waals surface area contributed by atoms with Crippen molar-refractivity contribution >= 4 is 5.78 Å². The van der Waals surface area contributed by atoms with Gasteiger partial charge in [0.15, 0.2) is 5.78 Å². The number of rotatable bonds is 3. The Kier molecular flexibility index (Phi) is 2.47. The Labute approximate surface area is 70.9 Å². The van der Waals surface area contributed by atoms with Crippen molar-refractivity contribution in [3.63, 3.8) is 0 Å². The van der Waals surface area contributed by atoms with Crippen LogP contribution in [0.3, 0.4) is 0 Å². The fourth-order valence-electron chi connectivity index (χ4n) is 0.845. The summed E-state index contributed by atoms with van der Waals surface area (Å²) in [6, 6.07) is 1.60.